The second-order valence-electron chi connectivity index (χ2n) is 16.7. The van der Waals surface area contributed by atoms with Crippen LogP contribution in [-0.2, 0) is 10.0 Å². The van der Waals surface area contributed by atoms with Gasteiger partial charge in [0.2, 0.25) is 10.0 Å². The number of benzene rings is 1. The Labute approximate surface area is 255 Å². The number of hydrogen-bond donors (Lipinski definition) is 2. The maximum Gasteiger partial charge on any atom is 0.229 e. The Morgan fingerprint density at radius 2 is 1.62 bits per heavy atom. The van der Waals surface area contributed by atoms with Gasteiger partial charge in [-0.25, -0.2) is 8.42 Å². The van der Waals surface area contributed by atoms with Crippen molar-refractivity contribution in [1.29, 1.82) is 0 Å². The molecule has 0 bridgehead atoms. The molecule has 4 fully saturated rings. The molecule has 1 aromatic carbocycles. The normalized spacial score (nSPS) is 44.2. The van der Waals surface area contributed by atoms with Gasteiger partial charge in [0.1, 0.15) is 0 Å². The molecule has 0 radical (unpaired) electrons. The van der Waals surface area contributed by atoms with E-state index in [1.165, 1.54) is 74.3 Å². The molecule has 232 valence electrons. The summed E-state index contributed by atoms with van der Waals surface area (Å²) in [6.07, 6.45) is 14.8. The van der Waals surface area contributed by atoms with Crippen LogP contribution in [-0.4, -0.2) is 26.4 Å². The maximum atomic E-state index is 11.7. The Balaban J connectivity index is 1.33. The predicted molar refractivity (Wildman–Crippen MR) is 174 cm³/mol. The monoisotopic (exact) mass is 593 g/mol. The Morgan fingerprint density at radius 1 is 0.929 bits per heavy atom. The second-order valence-corrected chi connectivity index (χ2v) is 18.4. The lowest BCUT2D eigenvalue weighted by Gasteiger charge is -2.72. The minimum atomic E-state index is -3.29. The Bertz CT molecular complexity index is 1390. The summed E-state index contributed by atoms with van der Waals surface area (Å²) in [6.45, 7) is 20.0. The highest BCUT2D eigenvalue weighted by Gasteiger charge is 2.70. The lowest BCUT2D eigenvalue weighted by molar-refractivity contribution is -0.228. The minimum absolute atomic E-state index is 0.0347. The zero-order valence-corrected chi connectivity index (χ0v) is 28.0. The van der Waals surface area contributed by atoms with E-state index in [1.54, 1.807) is 0 Å². The quantitative estimate of drug-likeness (QED) is 0.336. The van der Waals surface area contributed by atoms with E-state index in [0.717, 1.165) is 6.42 Å². The molecule has 0 aromatic heterocycles. The van der Waals surface area contributed by atoms with Crippen LogP contribution in [0, 0.1) is 56.7 Å². The highest BCUT2D eigenvalue weighted by Crippen LogP contribution is 2.77. The molecular formula is C37H55NO3S. The summed E-state index contributed by atoms with van der Waals surface area (Å²) in [6, 6.07) is 7.99. The fraction of sp³-hybridized carbons (Fsp3) is 0.730. The number of aliphatic hydroxyl groups is 1. The Morgan fingerprint density at radius 3 is 2.24 bits per heavy atom. The van der Waals surface area contributed by atoms with Gasteiger partial charge in [-0.15, -0.1) is 0 Å². The van der Waals surface area contributed by atoms with Crippen molar-refractivity contribution in [1.82, 2.24) is 0 Å². The summed E-state index contributed by atoms with van der Waals surface area (Å²) < 4.78 is 26.1. The largest absolute Gasteiger partial charge is 0.396 e. The van der Waals surface area contributed by atoms with E-state index < -0.39 is 10.0 Å². The smallest absolute Gasteiger partial charge is 0.229 e. The highest BCUT2D eigenvalue weighted by atomic mass is 32.2. The zero-order valence-electron chi connectivity index (χ0n) is 27.2. The standard InChI is InChI=1S/C37H55NO3S/c1-24(2)27-15-20-37(23-39)22-21-35(6)29(32(27)37)13-14-31-34(5)18-16-28(33(3,4)30(34)17-19-36(31,35)7)25-9-11-26(12-10-25)38-42(8,40)41/h9-12,16,27,29-32,38-39H,1,13-15,17-23H2,2-8H3/t27-,29+,30-,31+,32+,34-,35+,36+,37+/m0/s1. The molecule has 0 amide bonds. The van der Waals surface area contributed by atoms with Crippen LogP contribution in [0.2, 0.25) is 0 Å². The fourth-order valence-electron chi connectivity index (χ4n) is 12.6. The maximum absolute atomic E-state index is 11.7. The first kappa shape index (κ1) is 30.4. The van der Waals surface area contributed by atoms with E-state index >= 15 is 0 Å². The molecule has 0 saturated heterocycles. The van der Waals surface area contributed by atoms with Crippen LogP contribution in [0.1, 0.15) is 105 Å². The number of allylic oxidation sites excluding steroid dienone is 3. The van der Waals surface area contributed by atoms with Crippen molar-refractivity contribution in [2.24, 2.45) is 56.7 Å². The molecule has 2 N–H and O–H groups in total. The number of rotatable bonds is 5. The molecular weight excluding hydrogens is 538 g/mol. The number of anilines is 1. The van der Waals surface area contributed by atoms with Gasteiger partial charge in [-0.2, -0.15) is 0 Å². The lowest BCUT2D eigenvalue weighted by atomic mass is 9.32. The van der Waals surface area contributed by atoms with Crippen molar-refractivity contribution >= 4 is 21.3 Å². The van der Waals surface area contributed by atoms with Gasteiger partial charge in [-0.05, 0) is 145 Å². The van der Waals surface area contributed by atoms with Crippen LogP contribution in [0.15, 0.2) is 42.5 Å². The molecule has 6 rings (SSSR count). The molecule has 4 saturated carbocycles. The first-order valence-electron chi connectivity index (χ1n) is 16.6. The lowest BCUT2D eigenvalue weighted by Crippen LogP contribution is -2.65. The summed E-state index contributed by atoms with van der Waals surface area (Å²) in [5.41, 5.74) is 5.57. The second kappa shape index (κ2) is 9.70. The third-order valence-electron chi connectivity index (χ3n) is 14.6. The van der Waals surface area contributed by atoms with E-state index in [2.05, 4.69) is 71.1 Å². The van der Waals surface area contributed by atoms with Crippen LogP contribution in [0.4, 0.5) is 5.69 Å². The first-order chi connectivity index (χ1) is 19.5. The summed E-state index contributed by atoms with van der Waals surface area (Å²) in [4.78, 5) is 0. The third-order valence-corrected chi connectivity index (χ3v) is 15.2. The summed E-state index contributed by atoms with van der Waals surface area (Å²) in [7, 11) is -3.29. The molecule has 4 nitrogen and oxygen atoms in total. The number of fused-ring (bicyclic) bond motifs is 7. The number of sulfonamides is 1. The van der Waals surface area contributed by atoms with Crippen LogP contribution < -0.4 is 4.72 Å². The van der Waals surface area contributed by atoms with Gasteiger partial charge in [-0.3, -0.25) is 4.72 Å². The van der Waals surface area contributed by atoms with Gasteiger partial charge in [0, 0.05) is 12.3 Å². The van der Waals surface area contributed by atoms with Gasteiger partial charge in [0.15, 0.2) is 0 Å². The number of hydrogen-bond acceptors (Lipinski definition) is 3. The Hall–Kier alpha value is -1.59. The molecule has 0 heterocycles. The molecule has 0 unspecified atom stereocenters. The summed E-state index contributed by atoms with van der Waals surface area (Å²) in [5, 5.41) is 10.8. The van der Waals surface area contributed by atoms with Gasteiger partial charge < -0.3 is 5.11 Å². The van der Waals surface area contributed by atoms with Crippen LogP contribution >= 0.6 is 0 Å². The van der Waals surface area contributed by atoms with E-state index in [-0.39, 0.29) is 16.2 Å². The molecule has 5 aliphatic rings. The number of aliphatic hydroxyl groups excluding tert-OH is 1. The average Bonchev–Trinajstić information content (AvgIpc) is 3.29. The van der Waals surface area contributed by atoms with Crippen molar-refractivity contribution in [2.45, 2.75) is 99.3 Å². The molecule has 5 aliphatic carbocycles. The van der Waals surface area contributed by atoms with Gasteiger partial charge in [-0.1, -0.05) is 65.0 Å². The molecule has 42 heavy (non-hydrogen) atoms. The Kier molecular flexibility index (Phi) is 7.03. The van der Waals surface area contributed by atoms with E-state index in [9.17, 15) is 13.5 Å². The van der Waals surface area contributed by atoms with E-state index in [0.29, 0.717) is 52.7 Å². The van der Waals surface area contributed by atoms with Crippen LogP contribution in [0.3, 0.4) is 0 Å². The van der Waals surface area contributed by atoms with Crippen LogP contribution in [0.25, 0.3) is 5.57 Å². The van der Waals surface area contributed by atoms with Crippen molar-refractivity contribution in [3.63, 3.8) is 0 Å². The molecule has 0 spiro atoms. The number of nitrogens with one attached hydrogen (secondary N) is 1. The molecule has 9 atom stereocenters. The average molecular weight is 594 g/mol. The van der Waals surface area contributed by atoms with Gasteiger partial charge >= 0.3 is 0 Å². The van der Waals surface area contributed by atoms with E-state index in [1.807, 2.05) is 12.1 Å². The first-order valence-corrected chi connectivity index (χ1v) is 18.5. The van der Waals surface area contributed by atoms with Gasteiger partial charge in [0.05, 0.1) is 6.26 Å². The van der Waals surface area contributed by atoms with Gasteiger partial charge in [0.25, 0.3) is 0 Å². The zero-order chi connectivity index (χ0) is 30.5. The van der Waals surface area contributed by atoms with Crippen LogP contribution in [0.5, 0.6) is 0 Å². The third kappa shape index (κ3) is 4.18. The van der Waals surface area contributed by atoms with Crippen molar-refractivity contribution in [2.75, 3.05) is 17.6 Å². The predicted octanol–water partition coefficient (Wildman–Crippen LogP) is 8.70. The van der Waals surface area contributed by atoms with Crippen molar-refractivity contribution < 1.29 is 13.5 Å². The van der Waals surface area contributed by atoms with E-state index in [4.69, 9.17) is 0 Å². The fourth-order valence-corrected chi connectivity index (χ4v) is 13.2. The molecule has 1 aromatic rings. The van der Waals surface area contributed by atoms with Crippen molar-refractivity contribution in [3.05, 3.63) is 48.1 Å². The highest BCUT2D eigenvalue weighted by molar-refractivity contribution is 7.92. The molecule has 0 aliphatic heterocycles. The summed E-state index contributed by atoms with van der Waals surface area (Å²) in [5.74, 6) is 3.11. The summed E-state index contributed by atoms with van der Waals surface area (Å²) >= 11 is 0. The SMILES string of the molecule is C=C(C)[C@@H]1CC[C@]2(CO)CC[C@]3(C)[C@H](CC[C@@H]4[C@@]5(C)CC=C(c6ccc(NS(C)(=O)=O)cc6)C(C)(C)[C@@H]5CC[C@]43C)[C@@H]12. The topological polar surface area (TPSA) is 66.4 Å². The van der Waals surface area contributed by atoms with Crippen molar-refractivity contribution in [3.8, 4) is 0 Å². The minimum Gasteiger partial charge on any atom is -0.396 e. The molecule has 5 heteroatoms.